The number of rotatable bonds is 3. The van der Waals surface area contributed by atoms with Gasteiger partial charge in [0.1, 0.15) is 0 Å². The Morgan fingerprint density at radius 1 is 1.29 bits per heavy atom. The zero-order chi connectivity index (χ0) is 12.1. The van der Waals surface area contributed by atoms with Crippen molar-refractivity contribution >= 4 is 0 Å². The predicted octanol–water partition coefficient (Wildman–Crippen LogP) is 1.91. The largest absolute Gasteiger partial charge is 0.395 e. The highest BCUT2D eigenvalue weighted by Crippen LogP contribution is 2.19. The molecule has 0 radical (unpaired) electrons. The smallest absolute Gasteiger partial charge is 0.0991 e. The van der Waals surface area contributed by atoms with Crippen LogP contribution >= 0.6 is 0 Å². The van der Waals surface area contributed by atoms with Gasteiger partial charge in [0.05, 0.1) is 18.2 Å². The fourth-order valence-electron chi connectivity index (χ4n) is 2.39. The number of nitrogens with zero attached hydrogens (tertiary/aromatic N) is 2. The topological polar surface area (TPSA) is 47.3 Å². The van der Waals surface area contributed by atoms with Crippen LogP contribution < -0.4 is 0 Å². The van der Waals surface area contributed by atoms with E-state index in [1.54, 1.807) is 0 Å². The van der Waals surface area contributed by atoms with Gasteiger partial charge in [-0.05, 0) is 37.1 Å². The van der Waals surface area contributed by atoms with Gasteiger partial charge in [-0.1, -0.05) is 18.6 Å². The molecule has 0 spiro atoms. The number of hydrogen-bond donors (Lipinski definition) is 1. The Kier molecular flexibility index (Phi) is 4.13. The second-order valence-electron chi connectivity index (χ2n) is 4.61. The molecule has 90 valence electrons. The molecule has 1 aliphatic rings. The lowest BCUT2D eigenvalue weighted by Gasteiger charge is -2.34. The molecule has 3 heteroatoms. The van der Waals surface area contributed by atoms with Gasteiger partial charge in [0.15, 0.2) is 0 Å². The molecule has 1 aromatic carbocycles. The van der Waals surface area contributed by atoms with E-state index in [-0.39, 0.29) is 6.61 Å². The molecular weight excluding hydrogens is 212 g/mol. The molecule has 1 fully saturated rings. The average molecular weight is 230 g/mol. The number of aliphatic hydroxyl groups excluding tert-OH is 1. The summed E-state index contributed by atoms with van der Waals surface area (Å²) >= 11 is 0. The minimum absolute atomic E-state index is 0.246. The molecule has 1 saturated heterocycles. The molecule has 1 unspecified atom stereocenters. The summed E-state index contributed by atoms with van der Waals surface area (Å²) in [7, 11) is 0. The molecule has 17 heavy (non-hydrogen) atoms. The van der Waals surface area contributed by atoms with Gasteiger partial charge < -0.3 is 5.11 Å². The Bertz CT molecular complexity index is 394. The van der Waals surface area contributed by atoms with Gasteiger partial charge in [0.25, 0.3) is 0 Å². The summed E-state index contributed by atoms with van der Waals surface area (Å²) in [6, 6.07) is 10.1. The molecule has 0 amide bonds. The van der Waals surface area contributed by atoms with Crippen molar-refractivity contribution in [1.82, 2.24) is 4.90 Å². The van der Waals surface area contributed by atoms with Crippen LogP contribution in [0, 0.1) is 11.3 Å². The van der Waals surface area contributed by atoms with Gasteiger partial charge in [-0.15, -0.1) is 0 Å². The van der Waals surface area contributed by atoms with Crippen LogP contribution in [-0.2, 0) is 6.54 Å². The van der Waals surface area contributed by atoms with Crippen LogP contribution in [0.4, 0.5) is 0 Å². The Hall–Kier alpha value is -1.37. The zero-order valence-electron chi connectivity index (χ0n) is 9.97. The van der Waals surface area contributed by atoms with E-state index in [4.69, 9.17) is 5.26 Å². The van der Waals surface area contributed by atoms with Crippen LogP contribution in [0.2, 0.25) is 0 Å². The van der Waals surface area contributed by atoms with Gasteiger partial charge in [0, 0.05) is 12.6 Å². The maximum absolute atomic E-state index is 9.34. The normalized spacial score (nSPS) is 21.1. The van der Waals surface area contributed by atoms with E-state index < -0.39 is 0 Å². The lowest BCUT2D eigenvalue weighted by Crippen LogP contribution is -2.41. The molecule has 1 aliphatic heterocycles. The van der Waals surface area contributed by atoms with Gasteiger partial charge >= 0.3 is 0 Å². The molecule has 0 saturated carbocycles. The second kappa shape index (κ2) is 5.81. The fraction of sp³-hybridized carbons (Fsp3) is 0.500. The molecule has 0 bridgehead atoms. The highest BCUT2D eigenvalue weighted by atomic mass is 16.3. The number of benzene rings is 1. The van der Waals surface area contributed by atoms with Gasteiger partial charge in [-0.3, -0.25) is 4.90 Å². The highest BCUT2D eigenvalue weighted by Gasteiger charge is 2.21. The molecule has 1 atom stereocenters. The van der Waals surface area contributed by atoms with Crippen molar-refractivity contribution in [3.8, 4) is 6.07 Å². The van der Waals surface area contributed by atoms with Gasteiger partial charge in [-0.2, -0.15) is 5.26 Å². The first kappa shape index (κ1) is 12.1. The standard InChI is InChI=1S/C14H18N2O/c15-9-12-4-6-13(7-5-12)10-16-8-2-1-3-14(16)11-17/h4-7,14,17H,1-3,8,10-11H2. The van der Waals surface area contributed by atoms with Crippen molar-refractivity contribution in [2.45, 2.75) is 31.8 Å². The maximum atomic E-state index is 9.34. The maximum Gasteiger partial charge on any atom is 0.0991 e. The van der Waals surface area contributed by atoms with Crippen LogP contribution in [0.1, 0.15) is 30.4 Å². The first-order chi connectivity index (χ1) is 8.33. The number of aliphatic hydroxyl groups is 1. The van der Waals surface area contributed by atoms with Gasteiger partial charge in [0.2, 0.25) is 0 Å². The van der Waals surface area contributed by atoms with E-state index >= 15 is 0 Å². The Morgan fingerprint density at radius 2 is 2.06 bits per heavy atom. The van der Waals surface area contributed by atoms with Crippen LogP contribution in [0.25, 0.3) is 0 Å². The molecule has 1 heterocycles. The summed E-state index contributed by atoms with van der Waals surface area (Å²) in [4.78, 5) is 2.34. The highest BCUT2D eigenvalue weighted by molar-refractivity contribution is 5.31. The fourth-order valence-corrected chi connectivity index (χ4v) is 2.39. The minimum Gasteiger partial charge on any atom is -0.395 e. The quantitative estimate of drug-likeness (QED) is 0.862. The van der Waals surface area contributed by atoms with Crippen molar-refractivity contribution in [3.05, 3.63) is 35.4 Å². The molecule has 0 aromatic heterocycles. The van der Waals surface area contributed by atoms with Gasteiger partial charge in [-0.25, -0.2) is 0 Å². The van der Waals surface area contributed by atoms with Crippen molar-refractivity contribution in [1.29, 1.82) is 5.26 Å². The third-order valence-electron chi connectivity index (χ3n) is 3.43. The van der Waals surface area contributed by atoms with Crippen molar-refractivity contribution < 1.29 is 5.11 Å². The van der Waals surface area contributed by atoms with E-state index in [1.807, 2.05) is 24.3 Å². The zero-order valence-corrected chi connectivity index (χ0v) is 9.97. The minimum atomic E-state index is 0.246. The molecule has 1 aromatic rings. The Morgan fingerprint density at radius 3 is 2.71 bits per heavy atom. The Balaban J connectivity index is 2.01. The van der Waals surface area contributed by atoms with E-state index in [9.17, 15) is 5.11 Å². The average Bonchev–Trinajstić information content (AvgIpc) is 2.40. The second-order valence-corrected chi connectivity index (χ2v) is 4.61. The number of piperidine rings is 1. The molecular formula is C14H18N2O. The van der Waals surface area contributed by atoms with Crippen molar-refractivity contribution in [2.75, 3.05) is 13.2 Å². The third-order valence-corrected chi connectivity index (χ3v) is 3.43. The summed E-state index contributed by atoms with van der Waals surface area (Å²) < 4.78 is 0. The van der Waals surface area contributed by atoms with E-state index in [1.165, 1.54) is 18.4 Å². The molecule has 1 N–H and O–H groups in total. The van der Waals surface area contributed by atoms with E-state index in [2.05, 4.69) is 11.0 Å². The van der Waals surface area contributed by atoms with Crippen molar-refractivity contribution in [2.24, 2.45) is 0 Å². The molecule has 2 rings (SSSR count). The summed E-state index contributed by atoms with van der Waals surface area (Å²) in [5.74, 6) is 0. The Labute approximate surface area is 102 Å². The van der Waals surface area contributed by atoms with Crippen LogP contribution in [-0.4, -0.2) is 29.2 Å². The lowest BCUT2D eigenvalue weighted by molar-refractivity contribution is 0.0841. The monoisotopic (exact) mass is 230 g/mol. The van der Waals surface area contributed by atoms with Crippen LogP contribution in [0.5, 0.6) is 0 Å². The number of nitriles is 1. The lowest BCUT2D eigenvalue weighted by atomic mass is 10.0. The van der Waals surface area contributed by atoms with Crippen LogP contribution in [0.15, 0.2) is 24.3 Å². The van der Waals surface area contributed by atoms with Crippen LogP contribution in [0.3, 0.4) is 0 Å². The third kappa shape index (κ3) is 3.06. The van der Waals surface area contributed by atoms with E-state index in [0.717, 1.165) is 19.5 Å². The number of likely N-dealkylation sites (tertiary alicyclic amines) is 1. The van der Waals surface area contributed by atoms with Crippen molar-refractivity contribution in [3.63, 3.8) is 0 Å². The summed E-state index contributed by atoms with van der Waals surface area (Å²) in [5, 5.41) is 18.1. The summed E-state index contributed by atoms with van der Waals surface area (Å²) in [6.07, 6.45) is 3.52. The summed E-state index contributed by atoms with van der Waals surface area (Å²) in [6.45, 7) is 2.18. The molecule has 0 aliphatic carbocycles. The first-order valence-corrected chi connectivity index (χ1v) is 6.17. The molecule has 3 nitrogen and oxygen atoms in total. The van der Waals surface area contributed by atoms with E-state index in [0.29, 0.717) is 11.6 Å². The summed E-state index contributed by atoms with van der Waals surface area (Å²) in [5.41, 5.74) is 1.91. The first-order valence-electron chi connectivity index (χ1n) is 6.17. The predicted molar refractivity (Wildman–Crippen MR) is 66.3 cm³/mol. The number of hydrogen-bond acceptors (Lipinski definition) is 3. The SMILES string of the molecule is N#Cc1ccc(CN2CCCCC2CO)cc1.